The summed E-state index contributed by atoms with van der Waals surface area (Å²) in [5.41, 5.74) is 0.973. The smallest absolute Gasteiger partial charge is 0.295 e. The molecule has 106 valence electrons. The van der Waals surface area contributed by atoms with Gasteiger partial charge in [-0.05, 0) is 43.2 Å². The summed E-state index contributed by atoms with van der Waals surface area (Å²) in [6, 6.07) is 7.27. The summed E-state index contributed by atoms with van der Waals surface area (Å²) in [6.07, 6.45) is 11.1. The second kappa shape index (κ2) is 5.58. The van der Waals surface area contributed by atoms with Crippen molar-refractivity contribution >= 4 is 29.4 Å². The topological polar surface area (TPSA) is 48.1 Å². The third-order valence-corrected chi connectivity index (χ3v) is 3.69. The third-order valence-electron chi connectivity index (χ3n) is 3.43. The number of benzene rings is 1. The molecule has 4 nitrogen and oxygen atoms in total. The van der Waals surface area contributed by atoms with Crippen molar-refractivity contribution in [3.63, 3.8) is 0 Å². The lowest BCUT2D eigenvalue weighted by molar-refractivity contribution is -0.385. The van der Waals surface area contributed by atoms with Crippen molar-refractivity contribution < 1.29 is 4.92 Å². The van der Waals surface area contributed by atoms with Gasteiger partial charge < -0.3 is 4.57 Å². The van der Waals surface area contributed by atoms with Crippen molar-refractivity contribution in [1.29, 1.82) is 0 Å². The fraction of sp³-hybridized carbons (Fsp3) is 0.125. The molecule has 3 rings (SSSR count). The molecule has 0 N–H and O–H groups in total. The summed E-state index contributed by atoms with van der Waals surface area (Å²) < 4.78 is 1.85. The zero-order valence-electron chi connectivity index (χ0n) is 11.2. The van der Waals surface area contributed by atoms with Gasteiger partial charge in [0, 0.05) is 10.7 Å². The van der Waals surface area contributed by atoms with Crippen LogP contribution in [0.15, 0.2) is 42.6 Å². The fourth-order valence-corrected chi connectivity index (χ4v) is 2.56. The minimum atomic E-state index is -0.342. The van der Waals surface area contributed by atoms with Gasteiger partial charge in [-0.15, -0.1) is 0 Å². The maximum Gasteiger partial charge on any atom is 0.295 e. The van der Waals surface area contributed by atoms with Gasteiger partial charge in [0.1, 0.15) is 0 Å². The summed E-state index contributed by atoms with van der Waals surface area (Å²) in [4.78, 5) is 10.9. The molecule has 1 heterocycles. The lowest BCUT2D eigenvalue weighted by atomic mass is 10.2. The molecule has 0 atom stereocenters. The van der Waals surface area contributed by atoms with Crippen LogP contribution in [-0.2, 0) is 0 Å². The molecule has 5 heteroatoms. The van der Waals surface area contributed by atoms with E-state index in [1.807, 2.05) is 34.9 Å². The van der Waals surface area contributed by atoms with Gasteiger partial charge in [-0.1, -0.05) is 29.8 Å². The zero-order valence-corrected chi connectivity index (χ0v) is 12.0. The molecule has 1 aromatic heterocycles. The van der Waals surface area contributed by atoms with Crippen LogP contribution in [-0.4, -0.2) is 9.49 Å². The van der Waals surface area contributed by atoms with Crippen LogP contribution in [0.5, 0.6) is 0 Å². The van der Waals surface area contributed by atoms with Crippen LogP contribution in [0.2, 0.25) is 5.02 Å². The van der Waals surface area contributed by atoms with Gasteiger partial charge in [-0.2, -0.15) is 0 Å². The first kappa shape index (κ1) is 13.6. The molecule has 0 spiro atoms. The second-order valence-corrected chi connectivity index (χ2v) is 5.23. The van der Waals surface area contributed by atoms with Crippen LogP contribution < -0.4 is 10.6 Å². The molecule has 0 bridgehead atoms. The summed E-state index contributed by atoms with van der Waals surface area (Å²) in [5.74, 6) is 0. The van der Waals surface area contributed by atoms with Gasteiger partial charge in [0.15, 0.2) is 0 Å². The highest BCUT2D eigenvalue weighted by Crippen LogP contribution is 2.14. The largest absolute Gasteiger partial charge is 0.310 e. The van der Waals surface area contributed by atoms with E-state index in [1.165, 1.54) is 0 Å². The lowest BCUT2D eigenvalue weighted by Gasteiger charge is -2.03. The molecule has 1 aliphatic rings. The number of nitro groups is 1. The van der Waals surface area contributed by atoms with Crippen molar-refractivity contribution in [2.24, 2.45) is 0 Å². The molecule has 2 aromatic rings. The number of fused-ring (bicyclic) bond motifs is 1. The Kier molecular flexibility index (Phi) is 3.62. The summed E-state index contributed by atoms with van der Waals surface area (Å²) in [5, 5.41) is 13.4. The van der Waals surface area contributed by atoms with Gasteiger partial charge in [0.25, 0.3) is 5.69 Å². The van der Waals surface area contributed by atoms with E-state index in [0.29, 0.717) is 10.2 Å². The molecule has 0 saturated heterocycles. The second-order valence-electron chi connectivity index (χ2n) is 4.79. The molecule has 0 aliphatic heterocycles. The van der Waals surface area contributed by atoms with E-state index < -0.39 is 0 Å². The highest BCUT2D eigenvalue weighted by Gasteiger charge is 2.15. The quantitative estimate of drug-likeness (QED) is 0.632. The van der Waals surface area contributed by atoms with E-state index >= 15 is 0 Å². The Balaban J connectivity index is 2.32. The maximum absolute atomic E-state index is 11.3. The molecule has 21 heavy (non-hydrogen) atoms. The first-order valence-electron chi connectivity index (χ1n) is 6.65. The summed E-state index contributed by atoms with van der Waals surface area (Å²) in [6.45, 7) is 0. The van der Waals surface area contributed by atoms with Crippen molar-refractivity contribution in [3.05, 3.63) is 68.3 Å². The standard InChI is InChI=1S/C16H13ClN2O2/c17-12-7-9-13(10-8-12)18-11-16(19(20)21)14-5-3-1-2-4-6-15(14)18/h1,3,5-11H,2,4H2. The molecule has 0 amide bonds. The van der Waals surface area contributed by atoms with Gasteiger partial charge in [-0.25, -0.2) is 0 Å². The minimum absolute atomic E-state index is 0.114. The van der Waals surface area contributed by atoms with Crippen LogP contribution in [0.4, 0.5) is 5.69 Å². The van der Waals surface area contributed by atoms with Gasteiger partial charge >= 0.3 is 0 Å². The Bertz CT molecular complexity index is 832. The number of nitrogens with zero attached hydrogens (tertiary/aromatic N) is 2. The van der Waals surface area contributed by atoms with Crippen molar-refractivity contribution in [1.82, 2.24) is 4.57 Å². The lowest BCUT2D eigenvalue weighted by Crippen LogP contribution is -2.29. The molecule has 0 unspecified atom stereocenters. The molecule has 0 saturated carbocycles. The number of rotatable bonds is 2. The van der Waals surface area contributed by atoms with Crippen LogP contribution >= 0.6 is 11.6 Å². The number of allylic oxidation sites excluding steroid dienone is 2. The highest BCUT2D eigenvalue weighted by molar-refractivity contribution is 6.30. The van der Waals surface area contributed by atoms with Crippen molar-refractivity contribution in [2.75, 3.05) is 0 Å². The van der Waals surface area contributed by atoms with Gasteiger partial charge in [0.2, 0.25) is 0 Å². The van der Waals surface area contributed by atoms with E-state index in [1.54, 1.807) is 24.4 Å². The van der Waals surface area contributed by atoms with Crippen molar-refractivity contribution in [3.8, 4) is 5.69 Å². The fourth-order valence-electron chi connectivity index (χ4n) is 2.44. The van der Waals surface area contributed by atoms with E-state index in [0.717, 1.165) is 23.9 Å². The third kappa shape index (κ3) is 2.62. The zero-order chi connectivity index (χ0) is 14.8. The Labute approximate surface area is 126 Å². The predicted molar refractivity (Wildman–Crippen MR) is 84.0 cm³/mol. The highest BCUT2D eigenvalue weighted by atomic mass is 35.5. The van der Waals surface area contributed by atoms with Crippen molar-refractivity contribution in [2.45, 2.75) is 12.8 Å². The Morgan fingerprint density at radius 1 is 1.19 bits per heavy atom. The predicted octanol–water partition coefficient (Wildman–Crippen LogP) is 2.95. The monoisotopic (exact) mass is 300 g/mol. The van der Waals surface area contributed by atoms with E-state index in [9.17, 15) is 10.1 Å². The first-order valence-corrected chi connectivity index (χ1v) is 7.03. The number of halogens is 1. The Hall–Kier alpha value is -2.33. The molecular weight excluding hydrogens is 288 g/mol. The molecule has 1 aliphatic carbocycles. The van der Waals surface area contributed by atoms with E-state index in [-0.39, 0.29) is 10.6 Å². The minimum Gasteiger partial charge on any atom is -0.310 e. The molecule has 0 fully saturated rings. The number of hydrogen-bond acceptors (Lipinski definition) is 2. The molecular formula is C16H13ClN2O2. The first-order chi connectivity index (χ1) is 10.2. The van der Waals surface area contributed by atoms with E-state index in [2.05, 4.69) is 0 Å². The maximum atomic E-state index is 11.3. The van der Waals surface area contributed by atoms with E-state index in [4.69, 9.17) is 11.6 Å². The molecule has 0 radical (unpaired) electrons. The van der Waals surface area contributed by atoms with Crippen LogP contribution in [0.3, 0.4) is 0 Å². The van der Waals surface area contributed by atoms with Gasteiger partial charge in [-0.3, -0.25) is 10.1 Å². The van der Waals surface area contributed by atoms with Crippen LogP contribution in [0.25, 0.3) is 17.8 Å². The Morgan fingerprint density at radius 3 is 2.67 bits per heavy atom. The van der Waals surface area contributed by atoms with Gasteiger partial charge in [0.05, 0.1) is 21.7 Å². The average Bonchev–Trinajstić information content (AvgIpc) is 2.77. The average molecular weight is 301 g/mol. The Morgan fingerprint density at radius 2 is 1.95 bits per heavy atom. The normalized spacial score (nSPS) is 13.6. The summed E-state index contributed by atoms with van der Waals surface area (Å²) in [7, 11) is 0. The van der Waals surface area contributed by atoms with Crippen LogP contribution in [0, 0.1) is 10.1 Å². The molecule has 1 aromatic carbocycles. The summed E-state index contributed by atoms with van der Waals surface area (Å²) >= 11 is 5.91. The number of aromatic nitrogens is 1. The SMILES string of the molecule is O=[N+]([O-])c1cn(-c2ccc(Cl)cc2)c2c1=CC=CCCC=2. The van der Waals surface area contributed by atoms with Crippen LogP contribution in [0.1, 0.15) is 12.8 Å². The number of hydrogen-bond donors (Lipinski definition) is 0.